The molecule has 1 aliphatic heterocycles. The van der Waals surface area contributed by atoms with Gasteiger partial charge in [0, 0.05) is 25.2 Å². The van der Waals surface area contributed by atoms with Gasteiger partial charge < -0.3 is 10.4 Å². The highest BCUT2D eigenvalue weighted by Crippen LogP contribution is 2.36. The number of piperidine rings is 1. The lowest BCUT2D eigenvalue weighted by Crippen LogP contribution is -2.54. The Bertz CT molecular complexity index is 352. The van der Waals surface area contributed by atoms with Crippen molar-refractivity contribution in [3.63, 3.8) is 0 Å². The van der Waals surface area contributed by atoms with Crippen LogP contribution in [0.4, 0.5) is 0 Å². The predicted molar refractivity (Wildman–Crippen MR) is 78.6 cm³/mol. The summed E-state index contributed by atoms with van der Waals surface area (Å²) < 4.78 is 0. The smallest absolute Gasteiger partial charge is 0.307 e. The maximum Gasteiger partial charge on any atom is 0.307 e. The van der Waals surface area contributed by atoms with Gasteiger partial charge in [0.15, 0.2) is 0 Å². The lowest BCUT2D eigenvalue weighted by atomic mass is 9.85. The molecule has 3 atom stereocenters. The fraction of sp³-hybridized carbons (Fsp3) is 0.938. The van der Waals surface area contributed by atoms with Crippen LogP contribution in [0.25, 0.3) is 0 Å². The van der Waals surface area contributed by atoms with E-state index in [1.165, 1.54) is 32.1 Å². The van der Waals surface area contributed by atoms with Crippen molar-refractivity contribution < 1.29 is 9.90 Å². The van der Waals surface area contributed by atoms with Crippen LogP contribution < -0.4 is 5.32 Å². The number of nitrogens with zero attached hydrogens (tertiary/aromatic N) is 1. The third-order valence-corrected chi connectivity index (χ3v) is 5.63. The highest BCUT2D eigenvalue weighted by Gasteiger charge is 2.38. The third-order valence-electron chi connectivity index (χ3n) is 5.63. The first-order valence-corrected chi connectivity index (χ1v) is 8.33. The summed E-state index contributed by atoms with van der Waals surface area (Å²) in [6.45, 7) is 5.15. The Balaban J connectivity index is 1.55. The number of carbonyl (C=O) groups is 1. The Morgan fingerprint density at radius 2 is 2.05 bits per heavy atom. The maximum atomic E-state index is 11.4. The average Bonchev–Trinajstić information content (AvgIpc) is 3.20. The molecule has 0 radical (unpaired) electrons. The highest BCUT2D eigenvalue weighted by molar-refractivity contribution is 5.70. The zero-order valence-corrected chi connectivity index (χ0v) is 12.6. The van der Waals surface area contributed by atoms with Gasteiger partial charge in [-0.3, -0.25) is 9.69 Å². The van der Waals surface area contributed by atoms with Crippen LogP contribution in [0.1, 0.15) is 45.4 Å². The first-order valence-electron chi connectivity index (χ1n) is 8.33. The second-order valence-corrected chi connectivity index (χ2v) is 7.20. The minimum Gasteiger partial charge on any atom is -0.481 e. The van der Waals surface area contributed by atoms with E-state index in [-0.39, 0.29) is 5.92 Å². The van der Waals surface area contributed by atoms with E-state index in [2.05, 4.69) is 17.1 Å². The van der Waals surface area contributed by atoms with Gasteiger partial charge in [-0.05, 0) is 57.4 Å². The monoisotopic (exact) mass is 280 g/mol. The number of likely N-dealkylation sites (tertiary alicyclic amines) is 1. The van der Waals surface area contributed by atoms with Crippen LogP contribution in [-0.4, -0.2) is 47.7 Å². The topological polar surface area (TPSA) is 52.6 Å². The molecule has 1 heterocycles. The van der Waals surface area contributed by atoms with E-state index in [1.54, 1.807) is 0 Å². The third kappa shape index (κ3) is 3.34. The van der Waals surface area contributed by atoms with E-state index in [0.29, 0.717) is 12.1 Å². The fourth-order valence-corrected chi connectivity index (χ4v) is 3.70. The Hall–Kier alpha value is -0.610. The van der Waals surface area contributed by atoms with Crippen molar-refractivity contribution in [3.8, 4) is 0 Å². The zero-order chi connectivity index (χ0) is 14.1. The summed E-state index contributed by atoms with van der Waals surface area (Å²) in [4.78, 5) is 13.8. The number of hydrogen-bond donors (Lipinski definition) is 2. The van der Waals surface area contributed by atoms with Gasteiger partial charge in [-0.25, -0.2) is 0 Å². The molecule has 20 heavy (non-hydrogen) atoms. The fourth-order valence-electron chi connectivity index (χ4n) is 3.70. The van der Waals surface area contributed by atoms with Gasteiger partial charge in [-0.1, -0.05) is 6.42 Å². The average molecular weight is 280 g/mol. The van der Waals surface area contributed by atoms with Gasteiger partial charge >= 0.3 is 5.97 Å². The van der Waals surface area contributed by atoms with Crippen LogP contribution in [0.5, 0.6) is 0 Å². The Labute approximate surface area is 121 Å². The number of carboxylic acid groups (broad SMARTS) is 1. The Morgan fingerprint density at radius 3 is 2.60 bits per heavy atom. The van der Waals surface area contributed by atoms with Crippen LogP contribution in [0.3, 0.4) is 0 Å². The van der Waals surface area contributed by atoms with Crippen molar-refractivity contribution >= 4 is 5.97 Å². The second kappa shape index (κ2) is 6.02. The molecule has 0 aromatic carbocycles. The number of hydrogen-bond acceptors (Lipinski definition) is 3. The van der Waals surface area contributed by atoms with Crippen molar-refractivity contribution in [2.75, 3.05) is 19.6 Å². The molecule has 0 spiro atoms. The second-order valence-electron chi connectivity index (χ2n) is 7.20. The van der Waals surface area contributed by atoms with Crippen molar-refractivity contribution in [1.82, 2.24) is 10.2 Å². The molecular formula is C16H28N2O2. The summed E-state index contributed by atoms with van der Waals surface area (Å²) in [6, 6.07) is 0.928. The van der Waals surface area contributed by atoms with E-state index < -0.39 is 5.97 Å². The van der Waals surface area contributed by atoms with E-state index in [4.69, 9.17) is 0 Å². The number of aliphatic carboxylic acids is 1. The first-order chi connectivity index (χ1) is 9.63. The summed E-state index contributed by atoms with van der Waals surface area (Å²) >= 11 is 0. The lowest BCUT2D eigenvalue weighted by molar-refractivity contribution is -0.144. The normalized spacial score (nSPS) is 33.6. The van der Waals surface area contributed by atoms with Crippen LogP contribution in [0.15, 0.2) is 0 Å². The van der Waals surface area contributed by atoms with Crippen molar-refractivity contribution in [2.24, 2.45) is 17.8 Å². The maximum absolute atomic E-state index is 11.4. The molecule has 3 rings (SSSR count). The Morgan fingerprint density at radius 1 is 1.30 bits per heavy atom. The minimum absolute atomic E-state index is 0.191. The summed E-state index contributed by atoms with van der Waals surface area (Å²) in [6.07, 6.45) is 7.54. The predicted octanol–water partition coefficient (Wildman–Crippen LogP) is 1.95. The molecule has 0 aromatic heterocycles. The molecule has 3 aliphatic rings. The van der Waals surface area contributed by atoms with E-state index in [0.717, 1.165) is 37.9 Å². The largest absolute Gasteiger partial charge is 0.481 e. The molecule has 0 amide bonds. The SMILES string of the molecule is CC(C1CC1)N1CC(NCC2CCC2)CC(C(=O)O)C1. The molecule has 0 bridgehead atoms. The highest BCUT2D eigenvalue weighted by atomic mass is 16.4. The van der Waals surface area contributed by atoms with Crippen molar-refractivity contribution in [3.05, 3.63) is 0 Å². The van der Waals surface area contributed by atoms with Gasteiger partial charge in [-0.2, -0.15) is 0 Å². The molecule has 2 aliphatic carbocycles. The van der Waals surface area contributed by atoms with Crippen LogP contribution in [0, 0.1) is 17.8 Å². The van der Waals surface area contributed by atoms with Gasteiger partial charge in [0.1, 0.15) is 0 Å². The number of carboxylic acids is 1. The molecule has 3 unspecified atom stereocenters. The molecule has 4 nitrogen and oxygen atoms in total. The van der Waals surface area contributed by atoms with Gasteiger partial charge in [0.25, 0.3) is 0 Å². The summed E-state index contributed by atoms with van der Waals surface area (Å²) in [5.41, 5.74) is 0. The van der Waals surface area contributed by atoms with Gasteiger partial charge in [0.2, 0.25) is 0 Å². The van der Waals surface area contributed by atoms with Crippen LogP contribution in [0.2, 0.25) is 0 Å². The standard InChI is InChI=1S/C16H28N2O2/c1-11(13-5-6-13)18-9-14(16(19)20)7-15(10-18)17-8-12-3-2-4-12/h11-15,17H,2-10H2,1H3,(H,19,20). The van der Waals surface area contributed by atoms with Crippen molar-refractivity contribution in [2.45, 2.75) is 57.5 Å². The van der Waals surface area contributed by atoms with E-state index >= 15 is 0 Å². The van der Waals surface area contributed by atoms with Crippen LogP contribution >= 0.6 is 0 Å². The Kier molecular flexibility index (Phi) is 4.32. The summed E-state index contributed by atoms with van der Waals surface area (Å²) in [5, 5.41) is 13.0. The molecule has 2 N–H and O–H groups in total. The molecule has 4 heteroatoms. The lowest BCUT2D eigenvalue weighted by Gasteiger charge is -2.41. The molecule has 3 fully saturated rings. The van der Waals surface area contributed by atoms with E-state index in [9.17, 15) is 9.90 Å². The van der Waals surface area contributed by atoms with E-state index in [1.807, 2.05) is 0 Å². The number of nitrogens with one attached hydrogen (secondary N) is 1. The molecule has 1 saturated heterocycles. The summed E-state index contributed by atoms with van der Waals surface area (Å²) in [7, 11) is 0. The zero-order valence-electron chi connectivity index (χ0n) is 12.6. The molecule has 2 saturated carbocycles. The van der Waals surface area contributed by atoms with Gasteiger partial charge in [0.05, 0.1) is 5.92 Å². The molecular weight excluding hydrogens is 252 g/mol. The van der Waals surface area contributed by atoms with Crippen molar-refractivity contribution in [1.29, 1.82) is 0 Å². The number of rotatable bonds is 6. The quantitative estimate of drug-likeness (QED) is 0.781. The van der Waals surface area contributed by atoms with Gasteiger partial charge in [-0.15, -0.1) is 0 Å². The summed E-state index contributed by atoms with van der Waals surface area (Å²) in [5.74, 6) is 0.848. The first kappa shape index (κ1) is 14.3. The molecule has 114 valence electrons. The minimum atomic E-state index is -0.617. The molecule has 0 aromatic rings. The van der Waals surface area contributed by atoms with Crippen LogP contribution in [-0.2, 0) is 4.79 Å².